The molecule has 13 heavy (non-hydrogen) atoms. The van der Waals surface area contributed by atoms with Crippen molar-refractivity contribution in [1.29, 1.82) is 5.26 Å². The lowest BCUT2D eigenvalue weighted by molar-refractivity contribution is 0.516. The van der Waals surface area contributed by atoms with Gasteiger partial charge in [-0.3, -0.25) is 0 Å². The van der Waals surface area contributed by atoms with Crippen molar-refractivity contribution in [3.05, 3.63) is 34.7 Å². The van der Waals surface area contributed by atoms with Gasteiger partial charge in [0.1, 0.15) is 6.07 Å². The number of halogens is 2. The average molecular weight is 195 g/mol. The van der Waals surface area contributed by atoms with E-state index in [9.17, 15) is 8.78 Å². The van der Waals surface area contributed by atoms with Crippen molar-refractivity contribution >= 4 is 21.4 Å². The first-order valence-corrected chi connectivity index (χ1v) is 4.37. The Kier molecular flexibility index (Phi) is 1.74. The van der Waals surface area contributed by atoms with E-state index in [0.717, 1.165) is 11.3 Å². The van der Waals surface area contributed by atoms with Crippen molar-refractivity contribution in [2.75, 3.05) is 0 Å². The van der Waals surface area contributed by atoms with E-state index in [-0.39, 0.29) is 10.3 Å². The SMILES string of the molecule is N#Cc1cc2ccsc2c(F)c1F. The van der Waals surface area contributed by atoms with Crippen molar-refractivity contribution < 1.29 is 8.78 Å². The number of hydrogen-bond acceptors (Lipinski definition) is 2. The quantitative estimate of drug-likeness (QED) is 0.633. The van der Waals surface area contributed by atoms with E-state index in [1.165, 1.54) is 6.07 Å². The summed E-state index contributed by atoms with van der Waals surface area (Å²) in [5, 5.41) is 10.7. The van der Waals surface area contributed by atoms with Gasteiger partial charge in [-0.25, -0.2) is 8.78 Å². The lowest BCUT2D eigenvalue weighted by Crippen LogP contribution is -1.89. The Balaban J connectivity index is 2.94. The van der Waals surface area contributed by atoms with Crippen LogP contribution in [-0.2, 0) is 0 Å². The fourth-order valence-corrected chi connectivity index (χ4v) is 1.94. The molecular weight excluding hydrogens is 192 g/mol. The molecule has 2 aromatic rings. The number of thiophene rings is 1. The Morgan fingerprint density at radius 2 is 2.08 bits per heavy atom. The zero-order chi connectivity index (χ0) is 9.42. The maximum atomic E-state index is 13.2. The first-order valence-electron chi connectivity index (χ1n) is 3.49. The van der Waals surface area contributed by atoms with Crippen molar-refractivity contribution in [1.82, 2.24) is 0 Å². The van der Waals surface area contributed by atoms with Gasteiger partial charge in [0.05, 0.1) is 10.3 Å². The minimum atomic E-state index is -1.06. The van der Waals surface area contributed by atoms with Gasteiger partial charge in [-0.05, 0) is 22.9 Å². The topological polar surface area (TPSA) is 23.8 Å². The highest BCUT2D eigenvalue weighted by Gasteiger charge is 2.13. The highest BCUT2D eigenvalue weighted by atomic mass is 32.1. The Labute approximate surface area is 76.8 Å². The monoisotopic (exact) mass is 195 g/mol. The molecule has 0 amide bonds. The van der Waals surface area contributed by atoms with Gasteiger partial charge in [0, 0.05) is 0 Å². The number of hydrogen-bond donors (Lipinski definition) is 0. The summed E-state index contributed by atoms with van der Waals surface area (Å²) in [6, 6.07) is 4.62. The molecular formula is C9H3F2NS. The fourth-order valence-electron chi connectivity index (χ4n) is 1.13. The van der Waals surface area contributed by atoms with Crippen LogP contribution in [0.3, 0.4) is 0 Å². The average Bonchev–Trinajstić information content (AvgIpc) is 2.59. The maximum absolute atomic E-state index is 13.2. The summed E-state index contributed by atoms with van der Waals surface area (Å²) in [5.41, 5.74) is -0.247. The van der Waals surface area contributed by atoms with Crippen LogP contribution < -0.4 is 0 Å². The predicted molar refractivity (Wildman–Crippen MR) is 46.5 cm³/mol. The number of benzene rings is 1. The van der Waals surface area contributed by atoms with Crippen molar-refractivity contribution in [3.8, 4) is 6.07 Å². The molecule has 0 saturated heterocycles. The van der Waals surface area contributed by atoms with Crippen molar-refractivity contribution in [3.63, 3.8) is 0 Å². The molecule has 2 rings (SSSR count). The summed E-state index contributed by atoms with van der Waals surface area (Å²) in [6.45, 7) is 0. The smallest absolute Gasteiger partial charge is 0.178 e. The molecule has 4 heteroatoms. The van der Waals surface area contributed by atoms with Gasteiger partial charge in [0.15, 0.2) is 11.6 Å². The van der Waals surface area contributed by atoms with Gasteiger partial charge in [0.25, 0.3) is 0 Å². The highest BCUT2D eigenvalue weighted by Crippen LogP contribution is 2.27. The number of fused-ring (bicyclic) bond motifs is 1. The fraction of sp³-hybridized carbons (Fsp3) is 0. The lowest BCUT2D eigenvalue weighted by atomic mass is 10.1. The van der Waals surface area contributed by atoms with Crippen LogP contribution in [-0.4, -0.2) is 0 Å². The molecule has 0 N–H and O–H groups in total. The third-order valence-electron chi connectivity index (χ3n) is 1.74. The number of nitrogens with zero attached hydrogens (tertiary/aromatic N) is 1. The maximum Gasteiger partial charge on any atom is 0.178 e. The molecule has 0 fully saturated rings. The molecule has 0 saturated carbocycles. The summed E-state index contributed by atoms with van der Waals surface area (Å²) >= 11 is 1.12. The van der Waals surface area contributed by atoms with E-state index < -0.39 is 11.6 Å². The molecule has 0 radical (unpaired) electrons. The molecule has 0 aliphatic carbocycles. The lowest BCUT2D eigenvalue weighted by Gasteiger charge is -1.96. The van der Waals surface area contributed by atoms with Crippen LogP contribution in [0.25, 0.3) is 10.1 Å². The van der Waals surface area contributed by atoms with Crippen LogP contribution in [0.5, 0.6) is 0 Å². The minimum absolute atomic E-state index is 0.247. The molecule has 0 aliphatic rings. The first-order chi connectivity index (χ1) is 6.24. The molecule has 0 spiro atoms. The second-order valence-electron chi connectivity index (χ2n) is 2.50. The van der Waals surface area contributed by atoms with Crippen LogP contribution in [0.15, 0.2) is 17.5 Å². The highest BCUT2D eigenvalue weighted by molar-refractivity contribution is 7.17. The van der Waals surface area contributed by atoms with E-state index in [2.05, 4.69) is 0 Å². The Morgan fingerprint density at radius 3 is 2.77 bits per heavy atom. The number of nitriles is 1. The molecule has 0 unspecified atom stereocenters. The molecule has 0 atom stereocenters. The normalized spacial score (nSPS) is 10.2. The number of rotatable bonds is 0. The van der Waals surface area contributed by atoms with Crippen LogP contribution >= 0.6 is 11.3 Å². The van der Waals surface area contributed by atoms with Crippen LogP contribution in [0, 0.1) is 23.0 Å². The van der Waals surface area contributed by atoms with Gasteiger partial charge in [0.2, 0.25) is 0 Å². The predicted octanol–water partition coefficient (Wildman–Crippen LogP) is 3.05. The summed E-state index contributed by atoms with van der Waals surface area (Å²) in [4.78, 5) is 0. The molecule has 1 aromatic heterocycles. The van der Waals surface area contributed by atoms with Crippen molar-refractivity contribution in [2.45, 2.75) is 0 Å². The van der Waals surface area contributed by atoms with Gasteiger partial charge in [-0.2, -0.15) is 5.26 Å². The van der Waals surface area contributed by atoms with E-state index in [1.54, 1.807) is 17.5 Å². The van der Waals surface area contributed by atoms with E-state index >= 15 is 0 Å². The Bertz CT molecular complexity index is 510. The van der Waals surface area contributed by atoms with Gasteiger partial charge < -0.3 is 0 Å². The second-order valence-corrected chi connectivity index (χ2v) is 3.42. The zero-order valence-corrected chi connectivity index (χ0v) is 7.16. The third-order valence-corrected chi connectivity index (χ3v) is 2.67. The summed E-state index contributed by atoms with van der Waals surface area (Å²) in [7, 11) is 0. The van der Waals surface area contributed by atoms with Crippen molar-refractivity contribution in [2.24, 2.45) is 0 Å². The zero-order valence-electron chi connectivity index (χ0n) is 6.34. The van der Waals surface area contributed by atoms with Crippen LogP contribution in [0.2, 0.25) is 0 Å². The van der Waals surface area contributed by atoms with Gasteiger partial charge >= 0.3 is 0 Å². The molecule has 0 aliphatic heterocycles. The molecule has 64 valence electrons. The second kappa shape index (κ2) is 2.79. The first kappa shape index (κ1) is 8.14. The summed E-state index contributed by atoms with van der Waals surface area (Å²) in [6.07, 6.45) is 0. The Hall–Kier alpha value is -1.47. The van der Waals surface area contributed by atoms with Gasteiger partial charge in [-0.15, -0.1) is 11.3 Å². The largest absolute Gasteiger partial charge is 0.202 e. The minimum Gasteiger partial charge on any atom is -0.202 e. The van der Waals surface area contributed by atoms with Crippen LogP contribution in [0.4, 0.5) is 8.78 Å². The molecule has 1 nitrogen and oxygen atoms in total. The molecule has 0 bridgehead atoms. The molecule has 1 heterocycles. The molecule has 1 aromatic carbocycles. The Morgan fingerprint density at radius 1 is 1.31 bits per heavy atom. The van der Waals surface area contributed by atoms with E-state index in [4.69, 9.17) is 5.26 Å². The summed E-state index contributed by atoms with van der Waals surface area (Å²) < 4.78 is 26.4. The summed E-state index contributed by atoms with van der Waals surface area (Å²) in [5.74, 6) is -1.98. The van der Waals surface area contributed by atoms with Crippen LogP contribution in [0.1, 0.15) is 5.56 Å². The van der Waals surface area contributed by atoms with E-state index in [1.807, 2.05) is 0 Å². The third kappa shape index (κ3) is 1.09. The van der Waals surface area contributed by atoms with E-state index in [0.29, 0.717) is 5.39 Å². The van der Waals surface area contributed by atoms with Gasteiger partial charge in [-0.1, -0.05) is 0 Å². The standard InChI is InChI=1S/C9H3F2NS/c10-7-6(4-12)3-5-1-2-13-9(5)8(7)11/h1-3H.